The lowest BCUT2D eigenvalue weighted by atomic mass is 9.81. The van der Waals surface area contributed by atoms with Crippen molar-refractivity contribution in [3.63, 3.8) is 0 Å². The van der Waals surface area contributed by atoms with Crippen LogP contribution in [0.5, 0.6) is 0 Å². The first-order chi connectivity index (χ1) is 14.6. The molecule has 0 N–H and O–H groups in total. The van der Waals surface area contributed by atoms with Crippen LogP contribution in [0.2, 0.25) is 10.0 Å². The van der Waals surface area contributed by atoms with E-state index < -0.39 is 5.54 Å². The number of aliphatic imine (C=N–C) groups is 1. The van der Waals surface area contributed by atoms with Crippen LogP contribution in [0.4, 0.5) is 0 Å². The van der Waals surface area contributed by atoms with Crippen molar-refractivity contribution in [2.75, 3.05) is 14.1 Å². The Morgan fingerprint density at radius 3 is 2.39 bits per heavy atom. The molecule has 2 aliphatic rings. The highest BCUT2D eigenvalue weighted by Crippen LogP contribution is 2.56. The Bertz CT molecular complexity index is 1090. The number of likely N-dealkylation sites (N-methyl/N-ethyl adjacent to an activating group) is 1. The van der Waals surface area contributed by atoms with Crippen molar-refractivity contribution in [3.8, 4) is 0 Å². The monoisotopic (exact) mass is 473 g/mol. The smallest absolute Gasteiger partial charge is 0.262 e. The van der Waals surface area contributed by atoms with E-state index in [2.05, 4.69) is 31.7 Å². The van der Waals surface area contributed by atoms with Crippen molar-refractivity contribution in [2.24, 2.45) is 10.9 Å². The summed E-state index contributed by atoms with van der Waals surface area (Å²) in [6.07, 6.45) is 0. The van der Waals surface area contributed by atoms with Gasteiger partial charge in [-0.3, -0.25) is 4.79 Å². The molecule has 2 aliphatic heterocycles. The molecule has 0 spiro atoms. The molecule has 0 aromatic heterocycles. The fourth-order valence-electron chi connectivity index (χ4n) is 4.28. The number of hydrogen-bond acceptors (Lipinski definition) is 4. The van der Waals surface area contributed by atoms with E-state index in [4.69, 9.17) is 28.2 Å². The van der Waals surface area contributed by atoms with Crippen LogP contribution in [0.25, 0.3) is 0 Å². The molecule has 7 heteroatoms. The minimum Gasteiger partial charge on any atom is -0.344 e. The zero-order chi connectivity index (χ0) is 22.5. The molecule has 2 atom stereocenters. The van der Waals surface area contributed by atoms with E-state index in [1.165, 1.54) is 11.8 Å². The fourth-order valence-corrected chi connectivity index (χ4v) is 6.03. The number of amides is 1. The van der Waals surface area contributed by atoms with Gasteiger partial charge in [0.15, 0.2) is 5.17 Å². The Hall–Kier alpha value is -1.95. The van der Waals surface area contributed by atoms with Crippen LogP contribution >= 0.6 is 35.0 Å². The highest BCUT2D eigenvalue weighted by molar-refractivity contribution is 8.18. The van der Waals surface area contributed by atoms with E-state index in [0.717, 1.165) is 26.9 Å². The number of carbonyl (C=O) groups is 1. The summed E-state index contributed by atoms with van der Waals surface area (Å²) >= 11 is 14.0. The van der Waals surface area contributed by atoms with E-state index in [9.17, 15) is 4.79 Å². The first kappa shape index (κ1) is 22.3. The summed E-state index contributed by atoms with van der Waals surface area (Å²) in [4.78, 5) is 22.8. The number of allylic oxidation sites excluding steroid dienone is 1. The van der Waals surface area contributed by atoms with Gasteiger partial charge < -0.3 is 9.80 Å². The molecule has 2 aromatic carbocycles. The Morgan fingerprint density at radius 2 is 1.81 bits per heavy atom. The fraction of sp³-hybridized carbons (Fsp3) is 0.333. The number of halogens is 2. The van der Waals surface area contributed by atoms with Gasteiger partial charge in [-0.2, -0.15) is 0 Å². The van der Waals surface area contributed by atoms with Crippen LogP contribution in [0.1, 0.15) is 37.9 Å². The molecule has 4 nitrogen and oxygen atoms in total. The maximum atomic E-state index is 13.0. The van der Waals surface area contributed by atoms with Crippen molar-refractivity contribution in [2.45, 2.75) is 32.4 Å². The molecule has 2 heterocycles. The van der Waals surface area contributed by atoms with Crippen LogP contribution in [0, 0.1) is 5.92 Å². The molecule has 0 saturated carbocycles. The molecular weight excluding hydrogens is 449 g/mol. The highest BCUT2D eigenvalue weighted by Gasteiger charge is 2.53. The Kier molecular flexibility index (Phi) is 5.88. The average molecular weight is 474 g/mol. The molecule has 0 bridgehead atoms. The second kappa shape index (κ2) is 8.19. The van der Waals surface area contributed by atoms with Gasteiger partial charge in [-0.15, -0.1) is 0 Å². The van der Waals surface area contributed by atoms with E-state index in [1.54, 1.807) is 19.0 Å². The SMILES string of the molecule is CC(C)C1=C(C(=O)N(C)C)SC2=N[C@@](C)(c3cccc(Cl)c3)[C@@H](c3ccc(Cl)cc3)N21. The number of hydrogen-bond donors (Lipinski definition) is 0. The van der Waals surface area contributed by atoms with Gasteiger partial charge in [0.25, 0.3) is 5.91 Å². The Balaban J connectivity index is 1.92. The quantitative estimate of drug-likeness (QED) is 0.520. The van der Waals surface area contributed by atoms with Crippen LogP contribution < -0.4 is 0 Å². The topological polar surface area (TPSA) is 35.9 Å². The van der Waals surface area contributed by atoms with Crippen LogP contribution in [0.15, 0.2) is 64.1 Å². The third kappa shape index (κ3) is 3.77. The van der Waals surface area contributed by atoms with Gasteiger partial charge >= 0.3 is 0 Å². The van der Waals surface area contributed by atoms with Crippen molar-refractivity contribution in [3.05, 3.63) is 80.3 Å². The zero-order valence-corrected chi connectivity index (χ0v) is 20.5. The lowest BCUT2D eigenvalue weighted by Gasteiger charge is -2.37. The van der Waals surface area contributed by atoms with Crippen molar-refractivity contribution < 1.29 is 4.79 Å². The molecule has 0 saturated heterocycles. The standard InChI is InChI=1S/C24H25Cl2N3OS/c1-14(2)19-20(22(30)28(4)5)31-23-27-24(3,16-7-6-8-18(26)13-16)21(29(19)23)15-9-11-17(25)12-10-15/h6-14,21H,1-5H3/t21-,24+/m1/s1. The summed E-state index contributed by atoms with van der Waals surface area (Å²) in [6.45, 7) is 6.38. The summed E-state index contributed by atoms with van der Waals surface area (Å²) in [5.41, 5.74) is 2.55. The second-order valence-electron chi connectivity index (χ2n) is 8.55. The largest absolute Gasteiger partial charge is 0.344 e. The summed E-state index contributed by atoms with van der Waals surface area (Å²) in [7, 11) is 3.57. The van der Waals surface area contributed by atoms with Gasteiger partial charge in [-0.1, -0.05) is 61.3 Å². The number of carbonyl (C=O) groups excluding carboxylic acids is 1. The highest BCUT2D eigenvalue weighted by atomic mass is 35.5. The zero-order valence-electron chi connectivity index (χ0n) is 18.2. The molecule has 0 radical (unpaired) electrons. The van der Waals surface area contributed by atoms with Crippen molar-refractivity contribution >= 4 is 46.0 Å². The van der Waals surface area contributed by atoms with E-state index >= 15 is 0 Å². The molecule has 4 rings (SSSR count). The molecular formula is C24H25Cl2N3OS. The van der Waals surface area contributed by atoms with Gasteiger partial charge in [-0.25, -0.2) is 4.99 Å². The van der Waals surface area contributed by atoms with Crippen molar-refractivity contribution in [1.29, 1.82) is 0 Å². The number of thioether (sulfide) groups is 1. The normalized spacial score (nSPS) is 22.8. The maximum absolute atomic E-state index is 13.0. The third-order valence-corrected chi connectivity index (χ3v) is 7.30. The van der Waals surface area contributed by atoms with Crippen molar-refractivity contribution in [1.82, 2.24) is 9.80 Å². The predicted molar refractivity (Wildman–Crippen MR) is 130 cm³/mol. The maximum Gasteiger partial charge on any atom is 0.262 e. The number of amidine groups is 1. The molecule has 0 fully saturated rings. The van der Waals surface area contributed by atoms with E-state index in [-0.39, 0.29) is 17.9 Å². The number of rotatable bonds is 4. The van der Waals surface area contributed by atoms with Crippen LogP contribution in [0.3, 0.4) is 0 Å². The first-order valence-corrected chi connectivity index (χ1v) is 11.7. The summed E-state index contributed by atoms with van der Waals surface area (Å²) < 4.78 is 0. The summed E-state index contributed by atoms with van der Waals surface area (Å²) in [5, 5.41) is 2.21. The van der Waals surface area contributed by atoms with Gasteiger partial charge in [0.2, 0.25) is 0 Å². The molecule has 162 valence electrons. The number of nitrogens with zero attached hydrogens (tertiary/aromatic N) is 3. The van der Waals surface area contributed by atoms with Gasteiger partial charge in [0, 0.05) is 29.8 Å². The number of benzene rings is 2. The lowest BCUT2D eigenvalue weighted by molar-refractivity contribution is -0.124. The minimum absolute atomic E-state index is 0.00474. The molecule has 2 aromatic rings. The van der Waals surface area contributed by atoms with E-state index in [1.807, 2.05) is 42.5 Å². The van der Waals surface area contributed by atoms with Gasteiger partial charge in [-0.05, 0) is 60.0 Å². The Morgan fingerprint density at radius 1 is 1.13 bits per heavy atom. The average Bonchev–Trinajstić information content (AvgIpc) is 3.21. The molecule has 0 aliphatic carbocycles. The molecule has 31 heavy (non-hydrogen) atoms. The molecule has 0 unspecified atom stereocenters. The van der Waals surface area contributed by atoms with Gasteiger partial charge in [0.05, 0.1) is 6.04 Å². The Labute approximate surface area is 197 Å². The number of fused-ring (bicyclic) bond motifs is 1. The van der Waals surface area contributed by atoms with E-state index in [0.29, 0.717) is 10.0 Å². The first-order valence-electron chi connectivity index (χ1n) is 10.2. The summed E-state index contributed by atoms with van der Waals surface area (Å²) in [5.74, 6) is 0.153. The second-order valence-corrected chi connectivity index (χ2v) is 10.4. The van der Waals surface area contributed by atoms with Crippen LogP contribution in [-0.2, 0) is 10.3 Å². The lowest BCUT2D eigenvalue weighted by Crippen LogP contribution is -2.36. The predicted octanol–water partition coefficient (Wildman–Crippen LogP) is 6.32. The third-order valence-electron chi connectivity index (χ3n) is 5.75. The van der Waals surface area contributed by atoms with Crippen LogP contribution in [-0.4, -0.2) is 35.0 Å². The van der Waals surface area contributed by atoms with Gasteiger partial charge in [0.1, 0.15) is 10.4 Å². The summed E-state index contributed by atoms with van der Waals surface area (Å²) in [6, 6.07) is 15.6. The molecule has 1 amide bonds. The minimum atomic E-state index is -0.575.